The molecule has 37 heavy (non-hydrogen) atoms. The molecule has 3 atom stereocenters. The van der Waals surface area contributed by atoms with E-state index in [1.165, 1.54) is 17.8 Å². The maximum Gasteiger partial charge on any atom is 0.303 e. The average molecular weight is 548 g/mol. The molecule has 2 N–H and O–H groups in total. The molecule has 0 bridgehead atoms. The van der Waals surface area contributed by atoms with E-state index in [0.29, 0.717) is 46.5 Å². The summed E-state index contributed by atoms with van der Waals surface area (Å²) in [6, 6.07) is 8.44. The molecule has 3 heterocycles. The fourth-order valence-corrected chi connectivity index (χ4v) is 6.25. The monoisotopic (exact) mass is 547 g/mol. The first-order chi connectivity index (χ1) is 17.9. The van der Waals surface area contributed by atoms with Crippen LogP contribution in [0.4, 0.5) is 4.39 Å². The topological polar surface area (TPSA) is 95.8 Å². The number of fused-ring (bicyclic) bond motifs is 1. The highest BCUT2D eigenvalue weighted by Crippen LogP contribution is 2.37. The molecule has 198 valence electrons. The zero-order valence-electron chi connectivity index (χ0n) is 20.6. The molecule has 0 saturated carbocycles. The van der Waals surface area contributed by atoms with Crippen LogP contribution in [0, 0.1) is 17.7 Å². The summed E-state index contributed by atoms with van der Waals surface area (Å²) in [5.41, 5.74) is 1.34. The lowest BCUT2D eigenvalue weighted by molar-refractivity contribution is -0.139. The molecule has 7 nitrogen and oxygen atoms in total. The van der Waals surface area contributed by atoms with Crippen LogP contribution < -0.4 is 4.74 Å². The maximum absolute atomic E-state index is 13.8. The van der Waals surface area contributed by atoms with Gasteiger partial charge in [0.15, 0.2) is 5.82 Å². The van der Waals surface area contributed by atoms with Gasteiger partial charge in [-0.1, -0.05) is 11.6 Å². The van der Waals surface area contributed by atoms with Crippen LogP contribution in [-0.4, -0.2) is 63.5 Å². The van der Waals surface area contributed by atoms with Gasteiger partial charge in [0.2, 0.25) is 0 Å². The highest BCUT2D eigenvalue weighted by atomic mass is 35.5. The van der Waals surface area contributed by atoms with E-state index in [4.69, 9.17) is 16.3 Å². The Balaban J connectivity index is 1.38. The van der Waals surface area contributed by atoms with Crippen LogP contribution in [0.1, 0.15) is 37.4 Å². The largest absolute Gasteiger partial charge is 0.497 e. The van der Waals surface area contributed by atoms with Crippen molar-refractivity contribution < 1.29 is 24.1 Å². The molecule has 0 radical (unpaired) electrons. The van der Waals surface area contributed by atoms with Gasteiger partial charge < -0.3 is 19.8 Å². The number of aliphatic carboxylic acids is 1. The number of likely N-dealkylation sites (tertiary alicyclic amines) is 1. The van der Waals surface area contributed by atoms with Gasteiger partial charge in [-0.3, -0.25) is 9.78 Å². The van der Waals surface area contributed by atoms with E-state index in [0.717, 1.165) is 30.4 Å². The van der Waals surface area contributed by atoms with Crippen LogP contribution in [0.5, 0.6) is 5.75 Å². The molecule has 1 aromatic carbocycles. The minimum absolute atomic E-state index is 0.0280. The molecule has 3 aromatic rings. The number of carbonyl (C=O) groups is 1. The Bertz CT molecular complexity index is 1230. The van der Waals surface area contributed by atoms with Crippen molar-refractivity contribution in [3.63, 3.8) is 0 Å². The summed E-state index contributed by atoms with van der Waals surface area (Å²) in [6.45, 7) is 2.22. The van der Waals surface area contributed by atoms with Crippen molar-refractivity contribution in [3.8, 4) is 5.75 Å². The lowest BCUT2D eigenvalue weighted by Crippen LogP contribution is -2.42. The Morgan fingerprint density at radius 2 is 2.16 bits per heavy atom. The fourth-order valence-electron chi connectivity index (χ4n) is 5.09. The highest BCUT2D eigenvalue weighted by Gasteiger charge is 2.31. The predicted molar refractivity (Wildman–Crippen MR) is 143 cm³/mol. The number of carboxylic acids is 1. The van der Waals surface area contributed by atoms with Crippen LogP contribution in [-0.2, 0) is 4.79 Å². The van der Waals surface area contributed by atoms with Crippen molar-refractivity contribution in [1.82, 2.24) is 14.9 Å². The van der Waals surface area contributed by atoms with Gasteiger partial charge in [-0.05, 0) is 68.0 Å². The molecule has 2 aromatic heterocycles. The number of methoxy groups -OCH3 is 1. The maximum atomic E-state index is 13.8. The van der Waals surface area contributed by atoms with E-state index >= 15 is 0 Å². The lowest BCUT2D eigenvalue weighted by Gasteiger charge is -2.38. The second-order valence-corrected chi connectivity index (χ2v) is 10.8. The molecule has 4 rings (SSSR count). The normalized spacial score (nSPS) is 19.1. The number of hydrogen-bond donors (Lipinski definition) is 2. The molecule has 0 unspecified atom stereocenters. The number of aliphatic hydroxyl groups excluding tert-OH is 1. The average Bonchev–Trinajstić information content (AvgIpc) is 2.88. The van der Waals surface area contributed by atoms with Gasteiger partial charge >= 0.3 is 5.97 Å². The number of halogens is 2. The van der Waals surface area contributed by atoms with Gasteiger partial charge in [-0.15, -0.1) is 11.8 Å². The van der Waals surface area contributed by atoms with Crippen LogP contribution >= 0.6 is 23.4 Å². The highest BCUT2D eigenvalue weighted by molar-refractivity contribution is 7.99. The summed E-state index contributed by atoms with van der Waals surface area (Å²) in [5.74, 6) is 0.326. The zero-order valence-corrected chi connectivity index (χ0v) is 22.2. The third-order valence-electron chi connectivity index (χ3n) is 7.00. The number of rotatable bonds is 11. The summed E-state index contributed by atoms with van der Waals surface area (Å²) < 4.78 is 19.2. The van der Waals surface area contributed by atoms with Crippen LogP contribution in [0.15, 0.2) is 47.8 Å². The number of piperidine rings is 1. The van der Waals surface area contributed by atoms with E-state index in [1.54, 1.807) is 25.6 Å². The predicted octanol–water partition coefficient (Wildman–Crippen LogP) is 5.45. The Morgan fingerprint density at radius 3 is 2.92 bits per heavy atom. The summed E-state index contributed by atoms with van der Waals surface area (Å²) in [5, 5.41) is 22.2. The number of aliphatic hydroxyl groups is 1. The summed E-state index contributed by atoms with van der Waals surface area (Å²) in [4.78, 5) is 22.3. The van der Waals surface area contributed by atoms with Gasteiger partial charge in [-0.25, -0.2) is 9.37 Å². The number of nitrogens with zero attached hydrogens (tertiary/aromatic N) is 3. The zero-order chi connectivity index (χ0) is 26.4. The SMILES string of the molecule is COc1ccc2ncc(Cl)c([C@@H](O)CC[C@@H]3CCN(CCSc4ncccc4F)C[C@@H]3CC(=O)O)c2c1. The van der Waals surface area contributed by atoms with Crippen molar-refractivity contribution in [1.29, 1.82) is 0 Å². The number of thioether (sulfide) groups is 1. The molecular formula is C27H31ClFN3O4S. The number of ether oxygens (including phenoxy) is 1. The molecule has 1 aliphatic rings. The third-order valence-corrected chi connectivity index (χ3v) is 8.26. The first kappa shape index (κ1) is 27.6. The van der Waals surface area contributed by atoms with E-state index in [-0.39, 0.29) is 24.1 Å². The molecular weight excluding hydrogens is 517 g/mol. The Morgan fingerprint density at radius 1 is 1.32 bits per heavy atom. The van der Waals surface area contributed by atoms with E-state index in [1.807, 2.05) is 18.2 Å². The summed E-state index contributed by atoms with van der Waals surface area (Å²) in [7, 11) is 1.58. The Kier molecular flexibility index (Phi) is 9.59. The van der Waals surface area contributed by atoms with Crippen LogP contribution in [0.25, 0.3) is 10.9 Å². The Hall–Kier alpha value is -2.46. The standard InChI is InChI=1S/C27H31ClFN3O4S/c1-36-19-5-6-23-20(14-19)26(21(28)15-31-23)24(33)7-4-17-8-10-32(16-18(17)13-25(34)35)11-12-37-27-22(29)3-2-9-30-27/h2-3,5-6,9,14-15,17-18,24,33H,4,7-8,10-13,16H2,1H3,(H,34,35)/t17-,18+,24+/m1/s1. The van der Waals surface area contributed by atoms with Crippen molar-refractivity contribution in [3.05, 3.63) is 59.1 Å². The minimum atomic E-state index is -0.822. The second kappa shape index (κ2) is 12.9. The van der Waals surface area contributed by atoms with Crippen molar-refractivity contribution in [2.75, 3.05) is 32.5 Å². The van der Waals surface area contributed by atoms with Crippen molar-refractivity contribution >= 4 is 40.2 Å². The molecule has 10 heteroatoms. The van der Waals surface area contributed by atoms with E-state index in [9.17, 15) is 19.4 Å². The minimum Gasteiger partial charge on any atom is -0.497 e. The molecule has 0 spiro atoms. The lowest BCUT2D eigenvalue weighted by atomic mass is 9.79. The molecule has 0 aliphatic carbocycles. The fraction of sp³-hybridized carbons (Fsp3) is 0.444. The summed E-state index contributed by atoms with van der Waals surface area (Å²) >= 11 is 7.83. The van der Waals surface area contributed by atoms with Crippen LogP contribution in [0.3, 0.4) is 0 Å². The van der Waals surface area contributed by atoms with Crippen molar-refractivity contribution in [2.45, 2.75) is 36.8 Å². The Labute approximate surface area is 225 Å². The molecule has 1 aliphatic heterocycles. The second-order valence-electron chi connectivity index (χ2n) is 9.34. The molecule has 1 saturated heterocycles. The van der Waals surface area contributed by atoms with E-state index < -0.39 is 12.1 Å². The summed E-state index contributed by atoms with van der Waals surface area (Å²) in [6.07, 6.45) is 4.39. The van der Waals surface area contributed by atoms with Gasteiger partial charge in [-0.2, -0.15) is 0 Å². The van der Waals surface area contributed by atoms with Crippen LogP contribution in [0.2, 0.25) is 5.02 Å². The van der Waals surface area contributed by atoms with E-state index in [2.05, 4.69) is 14.9 Å². The smallest absolute Gasteiger partial charge is 0.303 e. The van der Waals surface area contributed by atoms with Gasteiger partial charge in [0.1, 0.15) is 10.8 Å². The first-order valence-corrected chi connectivity index (χ1v) is 13.7. The molecule has 0 amide bonds. The van der Waals surface area contributed by atoms with Gasteiger partial charge in [0.05, 0.1) is 23.8 Å². The first-order valence-electron chi connectivity index (χ1n) is 12.3. The van der Waals surface area contributed by atoms with Gasteiger partial charge in [0.25, 0.3) is 0 Å². The van der Waals surface area contributed by atoms with Crippen molar-refractivity contribution in [2.24, 2.45) is 11.8 Å². The number of pyridine rings is 2. The quantitative estimate of drug-likeness (QED) is 0.306. The number of aromatic nitrogens is 2. The molecule has 1 fully saturated rings. The van der Waals surface area contributed by atoms with Gasteiger partial charge in [0, 0.05) is 48.6 Å². The number of carboxylic acid groups (broad SMARTS) is 1. The number of benzene rings is 1. The number of hydrogen-bond acceptors (Lipinski definition) is 7. The third kappa shape index (κ3) is 7.10.